The highest BCUT2D eigenvalue weighted by Crippen LogP contribution is 2.59. The molecule has 3 aromatic rings. The van der Waals surface area contributed by atoms with Crippen LogP contribution < -0.4 is 10.1 Å². The summed E-state index contributed by atoms with van der Waals surface area (Å²) in [5.74, 6) is -0.556. The Labute approximate surface area is 203 Å². The van der Waals surface area contributed by atoms with Crippen molar-refractivity contribution in [1.29, 1.82) is 0 Å². The summed E-state index contributed by atoms with van der Waals surface area (Å²) >= 11 is 1.75. The first kappa shape index (κ1) is 23.3. The number of hydrogen-bond acceptors (Lipinski definition) is 6. The molecule has 1 aliphatic carbocycles. The van der Waals surface area contributed by atoms with E-state index in [0.29, 0.717) is 6.54 Å². The van der Waals surface area contributed by atoms with Crippen molar-refractivity contribution in [3.63, 3.8) is 0 Å². The number of benzene rings is 2. The SMILES string of the molecule is C[C@@H](OC[C@H](O)CNC(C)(C)Cc1ccc2sccc2c1)c1cccc2c1O[C@@H]1[C@@H](C(=O)O)[C@H]21. The van der Waals surface area contributed by atoms with E-state index in [1.54, 1.807) is 11.3 Å². The van der Waals surface area contributed by atoms with Gasteiger partial charge in [-0.15, -0.1) is 11.3 Å². The number of aliphatic hydroxyl groups is 1. The quantitative estimate of drug-likeness (QED) is 0.395. The van der Waals surface area contributed by atoms with Crippen molar-refractivity contribution in [2.45, 2.75) is 57.0 Å². The van der Waals surface area contributed by atoms with E-state index in [1.165, 1.54) is 15.6 Å². The summed E-state index contributed by atoms with van der Waals surface area (Å²) < 4.78 is 13.2. The van der Waals surface area contributed by atoms with Crippen LogP contribution in [-0.2, 0) is 16.0 Å². The lowest BCUT2D eigenvalue weighted by atomic mass is 9.94. The Kier molecular flexibility index (Phi) is 6.14. The lowest BCUT2D eigenvalue weighted by Gasteiger charge is -2.28. The van der Waals surface area contributed by atoms with Crippen LogP contribution in [0.2, 0.25) is 0 Å². The Hall–Kier alpha value is -2.45. The maximum absolute atomic E-state index is 11.3. The van der Waals surface area contributed by atoms with E-state index in [9.17, 15) is 15.0 Å². The van der Waals surface area contributed by atoms with Crippen LogP contribution in [0.3, 0.4) is 0 Å². The van der Waals surface area contributed by atoms with E-state index in [1.807, 2.05) is 25.1 Å². The van der Waals surface area contributed by atoms with Gasteiger partial charge in [-0.25, -0.2) is 0 Å². The topological polar surface area (TPSA) is 88.0 Å². The number of para-hydroxylation sites is 1. The lowest BCUT2D eigenvalue weighted by molar-refractivity contribution is -0.139. The largest absolute Gasteiger partial charge is 0.488 e. The normalized spacial score (nSPS) is 22.6. The van der Waals surface area contributed by atoms with Crippen molar-refractivity contribution in [2.24, 2.45) is 5.92 Å². The molecular formula is C27H31NO5S. The first-order valence-electron chi connectivity index (χ1n) is 11.8. The van der Waals surface area contributed by atoms with Gasteiger partial charge in [0.15, 0.2) is 0 Å². The molecule has 0 spiro atoms. The number of thiophene rings is 1. The van der Waals surface area contributed by atoms with Gasteiger partial charge in [0.25, 0.3) is 0 Å². The molecule has 5 rings (SSSR count). The van der Waals surface area contributed by atoms with E-state index in [0.717, 1.165) is 23.3 Å². The molecule has 0 unspecified atom stereocenters. The van der Waals surface area contributed by atoms with E-state index < -0.39 is 18.0 Å². The molecule has 1 aliphatic heterocycles. The number of ether oxygens (including phenoxy) is 2. The predicted molar refractivity (Wildman–Crippen MR) is 133 cm³/mol. The second-order valence-corrected chi connectivity index (χ2v) is 11.0. The Balaban J connectivity index is 1.12. The van der Waals surface area contributed by atoms with Crippen LogP contribution in [-0.4, -0.2) is 47.1 Å². The smallest absolute Gasteiger partial charge is 0.311 e. The summed E-state index contributed by atoms with van der Waals surface area (Å²) in [6.45, 7) is 6.83. The molecule has 1 saturated carbocycles. The number of carbonyl (C=O) groups is 1. The molecular weight excluding hydrogens is 450 g/mol. The zero-order chi connectivity index (χ0) is 24.0. The zero-order valence-corrected chi connectivity index (χ0v) is 20.5. The number of fused-ring (bicyclic) bond motifs is 4. The molecule has 0 bridgehead atoms. The minimum Gasteiger partial charge on any atom is -0.488 e. The van der Waals surface area contributed by atoms with Gasteiger partial charge in [0.05, 0.1) is 18.8 Å². The number of nitrogens with one attached hydrogen (secondary N) is 1. The fraction of sp³-hybridized carbons (Fsp3) is 0.444. The van der Waals surface area contributed by atoms with E-state index in [2.05, 4.69) is 48.8 Å². The second-order valence-electron chi connectivity index (χ2n) is 10.1. The van der Waals surface area contributed by atoms with Gasteiger partial charge in [0, 0.05) is 33.8 Å². The van der Waals surface area contributed by atoms with Crippen molar-refractivity contribution in [3.8, 4) is 5.75 Å². The molecule has 2 aromatic carbocycles. The molecule has 0 radical (unpaired) electrons. The van der Waals surface area contributed by atoms with Crippen molar-refractivity contribution >= 4 is 27.4 Å². The Morgan fingerprint density at radius 1 is 1.26 bits per heavy atom. The van der Waals surface area contributed by atoms with Crippen LogP contribution in [0.5, 0.6) is 5.75 Å². The van der Waals surface area contributed by atoms with Crippen LogP contribution in [0.4, 0.5) is 0 Å². The van der Waals surface area contributed by atoms with Gasteiger partial charge in [0.2, 0.25) is 0 Å². The van der Waals surface area contributed by atoms with E-state index in [-0.39, 0.29) is 30.3 Å². The molecule has 0 saturated heterocycles. The van der Waals surface area contributed by atoms with Gasteiger partial charge in [-0.05, 0) is 55.7 Å². The lowest BCUT2D eigenvalue weighted by Crippen LogP contribution is -2.46. The molecule has 2 aliphatic rings. The summed E-state index contributed by atoms with van der Waals surface area (Å²) in [5.41, 5.74) is 2.95. The number of aliphatic hydroxyl groups excluding tert-OH is 1. The highest BCUT2D eigenvalue weighted by atomic mass is 32.1. The number of carboxylic acid groups (broad SMARTS) is 1. The van der Waals surface area contributed by atoms with Crippen LogP contribution in [0.1, 0.15) is 49.5 Å². The number of hydrogen-bond donors (Lipinski definition) is 3. The number of aliphatic carboxylic acids is 1. The predicted octanol–water partition coefficient (Wildman–Crippen LogP) is 4.51. The Morgan fingerprint density at radius 2 is 2.09 bits per heavy atom. The van der Waals surface area contributed by atoms with Crippen molar-refractivity contribution in [2.75, 3.05) is 13.2 Å². The Morgan fingerprint density at radius 3 is 2.88 bits per heavy atom. The van der Waals surface area contributed by atoms with Gasteiger partial charge in [-0.3, -0.25) is 4.79 Å². The van der Waals surface area contributed by atoms with Crippen LogP contribution in [0.25, 0.3) is 10.1 Å². The number of rotatable bonds is 10. The first-order valence-corrected chi connectivity index (χ1v) is 12.6. The second kappa shape index (κ2) is 8.96. The highest BCUT2D eigenvalue weighted by Gasteiger charge is 2.63. The number of carboxylic acids is 1. The highest BCUT2D eigenvalue weighted by molar-refractivity contribution is 7.17. The maximum atomic E-state index is 11.3. The molecule has 6 nitrogen and oxygen atoms in total. The minimum absolute atomic E-state index is 0.0582. The molecule has 3 N–H and O–H groups in total. The standard InChI is InChI=1S/C27H31NO5S/c1-15(19-5-4-6-20-22-23(26(30)31)25(22)33-24(19)20)32-14-18(29)13-28-27(2,3)12-16-7-8-21-17(11-16)9-10-34-21/h4-11,15,18,22-23,25,28-29H,12-14H2,1-3H3,(H,30,31)/t15-,18-,22+,23+,25+/m1/s1. The fourth-order valence-electron chi connectivity index (χ4n) is 5.02. The summed E-state index contributed by atoms with van der Waals surface area (Å²) in [4.78, 5) is 11.3. The van der Waals surface area contributed by atoms with Crippen molar-refractivity contribution in [1.82, 2.24) is 5.32 Å². The third-order valence-electron chi connectivity index (χ3n) is 6.88. The number of β-amino-alcohol motifs (C(OH)–C–C–N with tert-alkyl or cyclic N) is 1. The van der Waals surface area contributed by atoms with E-state index in [4.69, 9.17) is 9.47 Å². The molecule has 7 heteroatoms. The average molecular weight is 482 g/mol. The van der Waals surface area contributed by atoms with Gasteiger partial charge in [-0.2, -0.15) is 0 Å². The zero-order valence-electron chi connectivity index (χ0n) is 19.7. The van der Waals surface area contributed by atoms with Crippen molar-refractivity contribution < 1.29 is 24.5 Å². The van der Waals surface area contributed by atoms with Crippen molar-refractivity contribution in [3.05, 3.63) is 64.5 Å². The van der Waals surface area contributed by atoms with Gasteiger partial charge >= 0.3 is 5.97 Å². The maximum Gasteiger partial charge on any atom is 0.311 e. The molecule has 180 valence electrons. The van der Waals surface area contributed by atoms with Crippen LogP contribution in [0, 0.1) is 5.92 Å². The van der Waals surface area contributed by atoms with Crippen LogP contribution in [0.15, 0.2) is 47.8 Å². The molecule has 1 fully saturated rings. The summed E-state index contributed by atoms with van der Waals surface area (Å²) in [6.07, 6.45) is -0.326. The summed E-state index contributed by atoms with van der Waals surface area (Å²) in [5, 5.41) is 26.7. The Bertz CT molecular complexity index is 1200. The molecule has 5 atom stereocenters. The van der Waals surface area contributed by atoms with E-state index >= 15 is 0 Å². The first-order chi connectivity index (χ1) is 16.2. The third-order valence-corrected chi connectivity index (χ3v) is 7.78. The molecule has 1 aromatic heterocycles. The summed E-state index contributed by atoms with van der Waals surface area (Å²) in [7, 11) is 0. The van der Waals surface area contributed by atoms with Gasteiger partial charge in [0.1, 0.15) is 17.8 Å². The molecule has 2 heterocycles. The molecule has 0 amide bonds. The van der Waals surface area contributed by atoms with Gasteiger partial charge in [-0.1, -0.05) is 30.3 Å². The third kappa shape index (κ3) is 4.58. The average Bonchev–Trinajstić information content (AvgIpc) is 3.12. The minimum atomic E-state index is -0.805. The molecule has 34 heavy (non-hydrogen) atoms. The summed E-state index contributed by atoms with van der Waals surface area (Å²) in [6, 6.07) is 14.5. The fourth-order valence-corrected chi connectivity index (χ4v) is 5.79. The van der Waals surface area contributed by atoms with Gasteiger partial charge < -0.3 is 25.0 Å². The van der Waals surface area contributed by atoms with Crippen LogP contribution >= 0.6 is 11.3 Å². The monoisotopic (exact) mass is 481 g/mol.